The molecule has 0 radical (unpaired) electrons. The largest absolute Gasteiger partial charge is 0.507 e. The van der Waals surface area contributed by atoms with Gasteiger partial charge in [-0.25, -0.2) is 0 Å². The van der Waals surface area contributed by atoms with Crippen molar-refractivity contribution in [2.24, 2.45) is 5.92 Å². The molecule has 0 unspecified atom stereocenters. The van der Waals surface area contributed by atoms with Crippen LogP contribution in [0.5, 0.6) is 5.75 Å². The molecule has 1 aromatic carbocycles. The highest BCUT2D eigenvalue weighted by atomic mass is 16.3. The van der Waals surface area contributed by atoms with Gasteiger partial charge in [-0.05, 0) is 37.3 Å². The molecule has 0 spiro atoms. The molecule has 1 aromatic rings. The Morgan fingerprint density at radius 2 is 2.00 bits per heavy atom. The average molecular weight is 216 g/mol. The Morgan fingerprint density at radius 3 is 2.50 bits per heavy atom. The van der Waals surface area contributed by atoms with Gasteiger partial charge in [0, 0.05) is 11.1 Å². The van der Waals surface area contributed by atoms with E-state index in [2.05, 4.69) is 26.2 Å². The molecule has 0 heterocycles. The molecule has 0 saturated heterocycles. The summed E-state index contributed by atoms with van der Waals surface area (Å²) < 4.78 is 0. The van der Waals surface area contributed by atoms with E-state index in [-0.39, 0.29) is 0 Å². The van der Waals surface area contributed by atoms with E-state index < -0.39 is 0 Å². The number of benzene rings is 1. The van der Waals surface area contributed by atoms with Crippen LogP contribution in [0, 0.1) is 19.8 Å². The minimum Gasteiger partial charge on any atom is -0.507 e. The average Bonchev–Trinajstić information content (AvgIpc) is 2.23. The molecule has 16 heavy (non-hydrogen) atoms. The number of hydrogen-bond acceptors (Lipinski definition) is 1. The predicted molar refractivity (Wildman–Crippen MR) is 69.6 cm³/mol. The fraction of sp³-hybridized carbons (Fsp3) is 0.400. The molecule has 0 amide bonds. The SMILES string of the molecule is C=C=C(CC(C)C)c1ccc(C)c(C)c1O. The second-order valence-corrected chi connectivity index (χ2v) is 4.66. The lowest BCUT2D eigenvalue weighted by Gasteiger charge is -2.13. The standard InChI is InChI=1S/C15H20O/c1-6-13(9-10(2)3)14-8-7-11(4)12(5)15(14)16/h7-8,10,16H,1,9H2,2-5H3. The normalized spacial score (nSPS) is 10.3. The Kier molecular flexibility index (Phi) is 3.98. The Balaban J connectivity index is 3.23. The van der Waals surface area contributed by atoms with Gasteiger partial charge in [0.05, 0.1) is 0 Å². The smallest absolute Gasteiger partial charge is 0.126 e. The molecule has 1 nitrogen and oxygen atoms in total. The molecule has 1 heteroatoms. The molecule has 86 valence electrons. The van der Waals surface area contributed by atoms with Gasteiger partial charge in [0.25, 0.3) is 0 Å². The number of allylic oxidation sites excluding steroid dienone is 1. The van der Waals surface area contributed by atoms with Gasteiger partial charge in [-0.15, -0.1) is 5.73 Å². The quantitative estimate of drug-likeness (QED) is 0.750. The van der Waals surface area contributed by atoms with Crippen molar-refractivity contribution in [3.05, 3.63) is 41.1 Å². The number of rotatable bonds is 3. The second-order valence-electron chi connectivity index (χ2n) is 4.66. The van der Waals surface area contributed by atoms with E-state index in [4.69, 9.17) is 0 Å². The lowest BCUT2D eigenvalue weighted by molar-refractivity contribution is 0.468. The Bertz CT molecular complexity index is 435. The third kappa shape index (κ3) is 2.56. The first-order valence-corrected chi connectivity index (χ1v) is 5.65. The minimum absolute atomic E-state index is 0.367. The van der Waals surface area contributed by atoms with Crippen LogP contribution < -0.4 is 0 Å². The summed E-state index contributed by atoms with van der Waals surface area (Å²) in [6, 6.07) is 3.98. The van der Waals surface area contributed by atoms with Gasteiger partial charge < -0.3 is 5.11 Å². The molecule has 0 bridgehead atoms. The van der Waals surface area contributed by atoms with Crippen LogP contribution in [-0.2, 0) is 0 Å². The van der Waals surface area contributed by atoms with E-state index in [0.717, 1.165) is 28.7 Å². The van der Waals surface area contributed by atoms with Crippen molar-refractivity contribution in [3.8, 4) is 5.75 Å². The van der Waals surface area contributed by atoms with Crippen LogP contribution in [0.3, 0.4) is 0 Å². The fourth-order valence-corrected chi connectivity index (χ4v) is 1.73. The van der Waals surface area contributed by atoms with Crippen LogP contribution >= 0.6 is 0 Å². The summed E-state index contributed by atoms with van der Waals surface area (Å²) in [5.41, 5.74) is 6.85. The van der Waals surface area contributed by atoms with Crippen LogP contribution in [0.25, 0.3) is 5.57 Å². The van der Waals surface area contributed by atoms with E-state index in [0.29, 0.717) is 11.7 Å². The van der Waals surface area contributed by atoms with Crippen molar-refractivity contribution < 1.29 is 5.11 Å². The summed E-state index contributed by atoms with van der Waals surface area (Å²) in [4.78, 5) is 0. The molecule has 0 aromatic heterocycles. The maximum absolute atomic E-state index is 10.1. The molecule has 0 atom stereocenters. The maximum Gasteiger partial charge on any atom is 0.126 e. The number of aryl methyl sites for hydroxylation is 1. The third-order valence-corrected chi connectivity index (χ3v) is 2.85. The summed E-state index contributed by atoms with van der Waals surface area (Å²) >= 11 is 0. The van der Waals surface area contributed by atoms with Crippen LogP contribution in [-0.4, -0.2) is 5.11 Å². The maximum atomic E-state index is 10.1. The van der Waals surface area contributed by atoms with Crippen molar-refractivity contribution in [1.29, 1.82) is 0 Å². The van der Waals surface area contributed by atoms with Crippen molar-refractivity contribution in [3.63, 3.8) is 0 Å². The Labute approximate surface area is 98.1 Å². The van der Waals surface area contributed by atoms with E-state index in [1.807, 2.05) is 26.0 Å². The molecule has 0 saturated carbocycles. The Morgan fingerprint density at radius 1 is 1.38 bits per heavy atom. The number of aromatic hydroxyl groups is 1. The highest BCUT2D eigenvalue weighted by Crippen LogP contribution is 2.32. The summed E-state index contributed by atoms with van der Waals surface area (Å²) in [7, 11) is 0. The zero-order chi connectivity index (χ0) is 12.3. The van der Waals surface area contributed by atoms with Crippen LogP contribution in [0.15, 0.2) is 24.4 Å². The van der Waals surface area contributed by atoms with Crippen molar-refractivity contribution in [2.45, 2.75) is 34.1 Å². The van der Waals surface area contributed by atoms with Gasteiger partial charge in [-0.2, -0.15) is 0 Å². The van der Waals surface area contributed by atoms with Gasteiger partial charge in [-0.3, -0.25) is 0 Å². The zero-order valence-electron chi connectivity index (χ0n) is 10.6. The highest BCUT2D eigenvalue weighted by molar-refractivity contribution is 5.71. The summed E-state index contributed by atoms with van der Waals surface area (Å²) in [6.07, 6.45) is 0.888. The summed E-state index contributed by atoms with van der Waals surface area (Å²) in [5.74, 6) is 0.900. The third-order valence-electron chi connectivity index (χ3n) is 2.85. The van der Waals surface area contributed by atoms with Gasteiger partial charge in [0.2, 0.25) is 0 Å². The first-order valence-electron chi connectivity index (χ1n) is 5.65. The molecule has 0 aliphatic rings. The molecular formula is C15H20O. The van der Waals surface area contributed by atoms with Crippen molar-refractivity contribution in [2.75, 3.05) is 0 Å². The van der Waals surface area contributed by atoms with E-state index in [9.17, 15) is 5.11 Å². The van der Waals surface area contributed by atoms with Crippen molar-refractivity contribution in [1.82, 2.24) is 0 Å². The van der Waals surface area contributed by atoms with E-state index >= 15 is 0 Å². The van der Waals surface area contributed by atoms with E-state index in [1.54, 1.807) is 0 Å². The van der Waals surface area contributed by atoms with Crippen LogP contribution in [0.1, 0.15) is 37.0 Å². The van der Waals surface area contributed by atoms with Gasteiger partial charge in [-0.1, -0.05) is 32.6 Å². The number of hydrogen-bond donors (Lipinski definition) is 1. The van der Waals surface area contributed by atoms with Gasteiger partial charge in [0.1, 0.15) is 5.75 Å². The second kappa shape index (κ2) is 5.05. The molecule has 0 aliphatic heterocycles. The van der Waals surface area contributed by atoms with Crippen LogP contribution in [0.4, 0.5) is 0 Å². The monoisotopic (exact) mass is 216 g/mol. The first-order chi connectivity index (χ1) is 7.47. The molecule has 0 fully saturated rings. The highest BCUT2D eigenvalue weighted by Gasteiger charge is 2.11. The Hall–Kier alpha value is -1.46. The van der Waals surface area contributed by atoms with E-state index in [1.165, 1.54) is 0 Å². The lowest BCUT2D eigenvalue weighted by Crippen LogP contribution is -1.94. The minimum atomic E-state index is 0.367. The topological polar surface area (TPSA) is 20.2 Å². The number of phenols is 1. The molecule has 1 N–H and O–H groups in total. The van der Waals surface area contributed by atoms with Gasteiger partial charge in [0.15, 0.2) is 0 Å². The molecule has 1 rings (SSSR count). The lowest BCUT2D eigenvalue weighted by atomic mass is 9.93. The molecular weight excluding hydrogens is 196 g/mol. The van der Waals surface area contributed by atoms with Crippen molar-refractivity contribution >= 4 is 5.57 Å². The zero-order valence-corrected chi connectivity index (χ0v) is 10.6. The summed E-state index contributed by atoms with van der Waals surface area (Å²) in [6.45, 7) is 11.9. The summed E-state index contributed by atoms with van der Waals surface area (Å²) in [5, 5.41) is 10.1. The van der Waals surface area contributed by atoms with Crippen LogP contribution in [0.2, 0.25) is 0 Å². The number of phenolic OH excluding ortho intramolecular Hbond substituents is 1. The molecule has 0 aliphatic carbocycles. The first kappa shape index (κ1) is 12.6. The fourth-order valence-electron chi connectivity index (χ4n) is 1.73. The predicted octanol–water partition coefficient (Wildman–Crippen LogP) is 4.22. The van der Waals surface area contributed by atoms with Gasteiger partial charge >= 0.3 is 0 Å².